The number of nitrogens with two attached hydrogens (primary N) is 2. The van der Waals surface area contributed by atoms with Crippen LogP contribution in [0.5, 0.6) is 0 Å². The molecule has 0 unspecified atom stereocenters. The Morgan fingerprint density at radius 2 is 0.565 bits per heavy atom. The first kappa shape index (κ1) is 46.5. The van der Waals surface area contributed by atoms with Crippen LogP contribution in [-0.4, -0.2) is 0 Å². The van der Waals surface area contributed by atoms with Gasteiger partial charge in [0.2, 0.25) is 22.8 Å². The van der Waals surface area contributed by atoms with E-state index in [0.29, 0.717) is 0 Å². The Bertz CT molecular complexity index is 2430. The molecule has 0 saturated carbocycles. The molecule has 12 nitrogen and oxygen atoms in total. The van der Waals surface area contributed by atoms with E-state index in [9.17, 15) is 0 Å². The summed E-state index contributed by atoms with van der Waals surface area (Å²) in [7, 11) is -9.89. The number of aromatic nitrogens is 2. The van der Waals surface area contributed by atoms with Gasteiger partial charge in [0, 0.05) is 84.9 Å². The number of rotatable bonds is 6. The summed E-state index contributed by atoms with van der Waals surface area (Å²) in [4.78, 5) is 0. The van der Waals surface area contributed by atoms with Gasteiger partial charge < -0.3 is 11.5 Å². The highest BCUT2D eigenvalue weighted by Gasteiger charge is 2.22. The number of hydrogen-bond donors (Lipinski definition) is 2. The van der Waals surface area contributed by atoms with E-state index in [-0.39, 0.29) is 0 Å². The molecule has 316 valence electrons. The summed E-state index contributed by atoms with van der Waals surface area (Å²) >= 11 is 0. The molecule has 4 N–H and O–H groups in total. The smallest absolute Gasteiger partial charge is 0.219 e. The van der Waals surface area contributed by atoms with Crippen molar-refractivity contribution in [2.45, 2.75) is 13.8 Å². The minimum absolute atomic E-state index is 0.772. The normalized spacial score (nSPS) is 10.9. The van der Waals surface area contributed by atoms with Gasteiger partial charge in [-0.25, -0.2) is 37.3 Å². The fraction of sp³-hybridized carbons (Fsp3) is 0.0417. The van der Waals surface area contributed by atoms with Crippen molar-refractivity contribution in [2.24, 2.45) is 0 Å². The van der Waals surface area contributed by atoms with Crippen molar-refractivity contribution >= 4 is 11.4 Å². The number of anilines is 2. The SMILES string of the molecule is Cc1cc(-c2ccccc2)cc(-c2ccccc2)[n+]1-c1ccc(N)cc1.Cc1cc(-c2ccccc2)cc(-c2ccccc2)[n+]1-c1ccc(N)cc1.[O-][Cl+3]([O-])([O-])[O-].[O-][Cl+3]([O-])([O-])[O-]. The minimum Gasteiger partial charge on any atom is -0.399 e. The van der Waals surface area contributed by atoms with Crippen molar-refractivity contribution in [1.82, 2.24) is 0 Å². The van der Waals surface area contributed by atoms with E-state index in [2.05, 4.69) is 169 Å². The molecule has 0 aliphatic heterocycles. The van der Waals surface area contributed by atoms with Gasteiger partial charge in [0.1, 0.15) is 0 Å². The molecule has 0 spiro atoms. The lowest BCUT2D eigenvalue weighted by Crippen LogP contribution is -2.68. The largest absolute Gasteiger partial charge is 0.399 e. The molecule has 2 aromatic heterocycles. The lowest BCUT2D eigenvalue weighted by atomic mass is 10.0. The van der Waals surface area contributed by atoms with Crippen LogP contribution in [-0.2, 0) is 0 Å². The van der Waals surface area contributed by atoms with Crippen LogP contribution in [0.3, 0.4) is 0 Å². The molecule has 2 heterocycles. The van der Waals surface area contributed by atoms with Crippen LogP contribution in [0.15, 0.2) is 194 Å². The summed E-state index contributed by atoms with van der Waals surface area (Å²) in [5, 5.41) is 0. The van der Waals surface area contributed by atoms with Crippen molar-refractivity contribution in [3.8, 4) is 56.1 Å². The van der Waals surface area contributed by atoms with E-state index in [1.54, 1.807) is 0 Å². The van der Waals surface area contributed by atoms with E-state index in [0.717, 1.165) is 34.1 Å². The predicted octanol–water partition coefficient (Wildman–Crippen LogP) is 0.864. The van der Waals surface area contributed by atoms with Crippen molar-refractivity contribution in [2.75, 3.05) is 11.5 Å². The average Bonchev–Trinajstić information content (AvgIpc) is 3.24. The standard InChI is InChI=1S/2C24H21N2.2ClHO4/c2*1-18-16-21(19-8-4-2-5-9-19)17-24(20-10-6-3-7-11-20)26(18)23-14-12-22(25)13-15-23;2*2-1(3,4)5/h2*2-17H,25H2,1H3;2*(H,2,3,4,5)/q2*+1;;/p-2. The maximum absolute atomic E-state index is 8.49. The van der Waals surface area contributed by atoms with Gasteiger partial charge in [0.25, 0.3) is 0 Å². The van der Waals surface area contributed by atoms with Gasteiger partial charge in [-0.2, -0.15) is 9.13 Å². The van der Waals surface area contributed by atoms with Crippen LogP contribution in [0.2, 0.25) is 0 Å². The highest BCUT2D eigenvalue weighted by molar-refractivity contribution is 5.71. The summed E-state index contributed by atoms with van der Waals surface area (Å²) in [6, 6.07) is 67.0. The molecule has 0 radical (unpaired) electrons. The molecule has 0 fully saturated rings. The van der Waals surface area contributed by atoms with Crippen molar-refractivity contribution in [1.29, 1.82) is 0 Å². The van der Waals surface area contributed by atoms with Crippen LogP contribution in [0.1, 0.15) is 11.4 Å². The number of pyridine rings is 2. The minimum atomic E-state index is -4.94. The Kier molecular flexibility index (Phi) is 16.0. The van der Waals surface area contributed by atoms with Crippen LogP contribution in [0, 0.1) is 34.3 Å². The number of hydrogen-bond acceptors (Lipinski definition) is 10. The second-order valence-electron chi connectivity index (χ2n) is 13.6. The number of aryl methyl sites for hydroxylation is 2. The highest BCUT2D eigenvalue weighted by Crippen LogP contribution is 2.28. The molecule has 14 heteroatoms. The Morgan fingerprint density at radius 1 is 0.323 bits per heavy atom. The molecule has 0 atom stereocenters. The number of nitrogens with zero attached hydrogens (tertiary/aromatic N) is 2. The third-order valence-electron chi connectivity index (χ3n) is 9.16. The second-order valence-corrected chi connectivity index (χ2v) is 15.1. The average molecular weight is 874 g/mol. The maximum atomic E-state index is 8.49. The van der Waals surface area contributed by atoms with E-state index in [4.69, 9.17) is 48.7 Å². The van der Waals surface area contributed by atoms with Crippen LogP contribution in [0.25, 0.3) is 56.1 Å². The molecule has 8 aromatic rings. The first-order chi connectivity index (χ1) is 29.4. The van der Waals surface area contributed by atoms with Gasteiger partial charge >= 0.3 is 0 Å². The summed E-state index contributed by atoms with van der Waals surface area (Å²) < 4.78 is 72.5. The fourth-order valence-corrected chi connectivity index (χ4v) is 6.64. The first-order valence-corrected chi connectivity index (χ1v) is 21.2. The van der Waals surface area contributed by atoms with E-state index in [1.165, 1.54) is 44.8 Å². The summed E-state index contributed by atoms with van der Waals surface area (Å²) in [6.45, 7) is 4.30. The molecule has 8 rings (SSSR count). The van der Waals surface area contributed by atoms with Crippen LogP contribution in [0.4, 0.5) is 11.4 Å². The quantitative estimate of drug-likeness (QED) is 0.176. The molecule has 6 aromatic carbocycles. The highest BCUT2D eigenvalue weighted by atomic mass is 35.7. The Balaban J connectivity index is 0.000000193. The summed E-state index contributed by atoms with van der Waals surface area (Å²) in [5.74, 6) is 0. The fourth-order valence-electron chi connectivity index (χ4n) is 6.64. The molecule has 62 heavy (non-hydrogen) atoms. The van der Waals surface area contributed by atoms with Gasteiger partial charge in [-0.3, -0.25) is 0 Å². The van der Waals surface area contributed by atoms with Crippen LogP contribution >= 0.6 is 0 Å². The van der Waals surface area contributed by atoms with Gasteiger partial charge in [-0.05, 0) is 70.8 Å². The van der Waals surface area contributed by atoms with Gasteiger partial charge in [0.15, 0.2) is 11.4 Å². The van der Waals surface area contributed by atoms with Crippen molar-refractivity contribution in [3.63, 3.8) is 0 Å². The monoisotopic (exact) mass is 872 g/mol. The van der Waals surface area contributed by atoms with Gasteiger partial charge in [-0.15, -0.1) is 20.5 Å². The zero-order valence-corrected chi connectivity index (χ0v) is 35.1. The maximum Gasteiger partial charge on any atom is 0.219 e. The van der Waals surface area contributed by atoms with E-state index in [1.807, 2.05) is 48.5 Å². The molecular formula is C48H42Cl2N4O8. The Hall–Kier alpha value is -6.52. The predicted molar refractivity (Wildman–Crippen MR) is 216 cm³/mol. The zero-order valence-electron chi connectivity index (χ0n) is 33.5. The molecule has 0 saturated heterocycles. The third-order valence-corrected chi connectivity index (χ3v) is 9.16. The molecule has 0 aliphatic rings. The van der Waals surface area contributed by atoms with Crippen molar-refractivity contribution in [3.05, 3.63) is 206 Å². The second kappa shape index (κ2) is 21.3. The van der Waals surface area contributed by atoms with E-state index >= 15 is 0 Å². The Morgan fingerprint density at radius 3 is 0.823 bits per heavy atom. The lowest BCUT2D eigenvalue weighted by molar-refractivity contribution is -2.00. The zero-order chi connectivity index (χ0) is 44.9. The summed E-state index contributed by atoms with van der Waals surface area (Å²) in [6.07, 6.45) is 0. The Labute approximate surface area is 363 Å². The van der Waals surface area contributed by atoms with Gasteiger partial charge in [-0.1, -0.05) is 97.1 Å². The van der Waals surface area contributed by atoms with E-state index < -0.39 is 20.5 Å². The third kappa shape index (κ3) is 14.3. The first-order valence-electron chi connectivity index (χ1n) is 18.7. The number of benzene rings is 6. The lowest BCUT2D eigenvalue weighted by Gasteiger charge is -2.17. The number of halogens is 2. The molecule has 0 bridgehead atoms. The molecule has 0 amide bonds. The van der Waals surface area contributed by atoms with Gasteiger partial charge in [0.05, 0.1) is 0 Å². The van der Waals surface area contributed by atoms with Crippen molar-refractivity contribution < 1.29 is 66.9 Å². The summed E-state index contributed by atoms with van der Waals surface area (Å²) in [5.41, 5.74) is 27.4. The molecular weight excluding hydrogens is 831 g/mol. The molecule has 0 aliphatic carbocycles. The van der Waals surface area contributed by atoms with Crippen LogP contribution < -0.4 is 57.9 Å². The number of nitrogen functional groups attached to an aromatic ring is 2. The topological polar surface area (TPSA) is 244 Å².